The fourth-order valence-corrected chi connectivity index (χ4v) is 3.21. The number of rotatable bonds is 4. The first-order chi connectivity index (χ1) is 15.1. The molecule has 0 atom stereocenters. The minimum atomic E-state index is -4.34. The molecule has 0 spiro atoms. The highest BCUT2D eigenvalue weighted by molar-refractivity contribution is 6.27. The van der Waals surface area contributed by atoms with E-state index in [1.165, 1.54) is 12.1 Å². The molecule has 0 radical (unpaired) electrons. The fraction of sp³-hybridized carbons (Fsp3) is 0.318. The molecule has 7 nitrogen and oxygen atoms in total. The first-order valence-corrected chi connectivity index (χ1v) is 9.73. The Morgan fingerprint density at radius 2 is 1.34 bits per heavy atom. The van der Waals surface area contributed by atoms with Gasteiger partial charge < -0.3 is 15.1 Å². The van der Waals surface area contributed by atoms with Gasteiger partial charge in [0, 0.05) is 32.7 Å². The number of amides is 1. The Kier molecular flexibility index (Phi) is 8.77. The van der Waals surface area contributed by atoms with Gasteiger partial charge in [0.25, 0.3) is 0 Å². The van der Waals surface area contributed by atoms with Crippen LogP contribution in [-0.2, 0) is 33.5 Å². The van der Waals surface area contributed by atoms with E-state index in [1.54, 1.807) is 11.0 Å². The van der Waals surface area contributed by atoms with Crippen LogP contribution in [0.1, 0.15) is 16.7 Å². The van der Waals surface area contributed by atoms with Crippen molar-refractivity contribution in [2.75, 3.05) is 26.2 Å². The van der Waals surface area contributed by atoms with E-state index in [4.69, 9.17) is 19.8 Å². The Balaban J connectivity index is 0.000000534. The average Bonchev–Trinajstić information content (AvgIpc) is 2.75. The molecule has 1 heterocycles. The Bertz CT molecular complexity index is 915. The Labute approximate surface area is 182 Å². The first-order valence-electron chi connectivity index (χ1n) is 9.73. The van der Waals surface area contributed by atoms with E-state index in [0.29, 0.717) is 32.6 Å². The monoisotopic (exact) mass is 452 g/mol. The molecule has 172 valence electrons. The van der Waals surface area contributed by atoms with Gasteiger partial charge in [-0.25, -0.2) is 9.59 Å². The number of carboxylic acids is 2. The summed E-state index contributed by atoms with van der Waals surface area (Å²) < 4.78 is 39.3. The zero-order chi connectivity index (χ0) is 23.7. The van der Waals surface area contributed by atoms with Crippen LogP contribution in [0.5, 0.6) is 0 Å². The number of carbonyl (C=O) groups excluding carboxylic acids is 1. The summed E-state index contributed by atoms with van der Waals surface area (Å²) in [4.78, 5) is 34.3. The van der Waals surface area contributed by atoms with Gasteiger partial charge in [0.15, 0.2) is 0 Å². The highest BCUT2D eigenvalue weighted by Gasteiger charge is 2.33. The molecular weight excluding hydrogens is 429 g/mol. The van der Waals surface area contributed by atoms with E-state index in [2.05, 4.69) is 0 Å². The van der Waals surface area contributed by atoms with E-state index >= 15 is 0 Å². The zero-order valence-corrected chi connectivity index (χ0v) is 17.1. The number of piperazine rings is 1. The van der Waals surface area contributed by atoms with Crippen molar-refractivity contribution in [2.45, 2.75) is 19.1 Å². The second kappa shape index (κ2) is 11.3. The second-order valence-electron chi connectivity index (χ2n) is 7.08. The summed E-state index contributed by atoms with van der Waals surface area (Å²) in [5, 5.41) is 14.8. The number of carboxylic acid groups (broad SMARTS) is 2. The van der Waals surface area contributed by atoms with Gasteiger partial charge in [0.05, 0.1) is 12.0 Å². The number of benzene rings is 2. The standard InChI is InChI=1S/C20H21F3N2O.C2H2O4/c21-20(22,23)18-9-5-4-8-17(18)15-24-10-12-25(13-11-24)19(26)14-16-6-2-1-3-7-16;3-1(4)2(5)6/h1-9H,10-15H2;(H,3,4)(H,5,6). The average molecular weight is 452 g/mol. The number of hydrogen-bond donors (Lipinski definition) is 2. The van der Waals surface area contributed by atoms with Gasteiger partial charge in [-0.3, -0.25) is 9.69 Å². The quantitative estimate of drug-likeness (QED) is 0.693. The predicted molar refractivity (Wildman–Crippen MR) is 109 cm³/mol. The third-order valence-corrected chi connectivity index (χ3v) is 4.82. The third-order valence-electron chi connectivity index (χ3n) is 4.82. The lowest BCUT2D eigenvalue weighted by molar-refractivity contribution is -0.159. The largest absolute Gasteiger partial charge is 0.473 e. The topological polar surface area (TPSA) is 98.2 Å². The molecule has 0 unspecified atom stereocenters. The van der Waals surface area contributed by atoms with Crippen molar-refractivity contribution in [1.29, 1.82) is 0 Å². The summed E-state index contributed by atoms with van der Waals surface area (Å²) in [5.41, 5.74) is 0.672. The van der Waals surface area contributed by atoms with Crippen molar-refractivity contribution in [3.05, 3.63) is 71.3 Å². The Morgan fingerprint density at radius 1 is 0.812 bits per heavy atom. The summed E-state index contributed by atoms with van der Waals surface area (Å²) >= 11 is 0. The Morgan fingerprint density at radius 3 is 1.88 bits per heavy atom. The van der Waals surface area contributed by atoms with E-state index in [1.807, 2.05) is 35.2 Å². The van der Waals surface area contributed by atoms with Crippen LogP contribution < -0.4 is 0 Å². The number of aliphatic carboxylic acids is 2. The molecule has 1 aliphatic rings. The number of nitrogens with zero attached hydrogens (tertiary/aromatic N) is 2. The fourth-order valence-electron chi connectivity index (χ4n) is 3.21. The highest BCUT2D eigenvalue weighted by atomic mass is 19.4. The summed E-state index contributed by atoms with van der Waals surface area (Å²) in [5.74, 6) is -3.59. The lowest BCUT2D eigenvalue weighted by atomic mass is 10.1. The molecule has 1 amide bonds. The van der Waals surface area contributed by atoms with Crippen LogP contribution in [0.25, 0.3) is 0 Å². The molecule has 0 aliphatic carbocycles. The van der Waals surface area contributed by atoms with Gasteiger partial charge in [-0.05, 0) is 17.2 Å². The molecule has 2 N–H and O–H groups in total. The molecule has 0 saturated carbocycles. The van der Waals surface area contributed by atoms with Gasteiger partial charge in [-0.15, -0.1) is 0 Å². The number of alkyl halides is 3. The van der Waals surface area contributed by atoms with Crippen molar-refractivity contribution in [1.82, 2.24) is 9.80 Å². The second-order valence-corrected chi connectivity index (χ2v) is 7.08. The lowest BCUT2D eigenvalue weighted by Crippen LogP contribution is -2.48. The molecule has 32 heavy (non-hydrogen) atoms. The molecule has 0 aromatic heterocycles. The minimum Gasteiger partial charge on any atom is -0.473 e. The van der Waals surface area contributed by atoms with Gasteiger partial charge in [-0.1, -0.05) is 48.5 Å². The van der Waals surface area contributed by atoms with E-state index < -0.39 is 23.7 Å². The van der Waals surface area contributed by atoms with Crippen LogP contribution in [-0.4, -0.2) is 64.0 Å². The van der Waals surface area contributed by atoms with E-state index in [0.717, 1.165) is 11.6 Å². The van der Waals surface area contributed by atoms with Crippen LogP contribution in [0.2, 0.25) is 0 Å². The van der Waals surface area contributed by atoms with Crippen molar-refractivity contribution in [3.8, 4) is 0 Å². The predicted octanol–water partition coefficient (Wildman–Crippen LogP) is 2.75. The van der Waals surface area contributed by atoms with Crippen LogP contribution in [0.4, 0.5) is 13.2 Å². The third kappa shape index (κ3) is 7.69. The lowest BCUT2D eigenvalue weighted by Gasteiger charge is -2.35. The molecule has 1 aliphatic heterocycles. The molecule has 1 fully saturated rings. The normalized spacial score (nSPS) is 14.3. The SMILES string of the molecule is O=C(Cc1ccccc1)N1CCN(Cc2ccccc2C(F)(F)F)CC1.O=C(O)C(=O)O. The van der Waals surface area contributed by atoms with Gasteiger partial charge >= 0.3 is 18.1 Å². The number of carbonyl (C=O) groups is 3. The first kappa shape index (κ1) is 24.9. The van der Waals surface area contributed by atoms with Gasteiger partial charge in [0.1, 0.15) is 0 Å². The summed E-state index contributed by atoms with van der Waals surface area (Å²) in [6.07, 6.45) is -3.98. The smallest absolute Gasteiger partial charge is 0.416 e. The van der Waals surface area contributed by atoms with Crippen LogP contribution in [0, 0.1) is 0 Å². The molecular formula is C22H23F3N2O5. The van der Waals surface area contributed by atoms with Gasteiger partial charge in [-0.2, -0.15) is 13.2 Å². The van der Waals surface area contributed by atoms with Crippen LogP contribution >= 0.6 is 0 Å². The van der Waals surface area contributed by atoms with Crippen molar-refractivity contribution in [3.63, 3.8) is 0 Å². The molecule has 2 aromatic carbocycles. The van der Waals surface area contributed by atoms with Gasteiger partial charge in [0.2, 0.25) is 5.91 Å². The van der Waals surface area contributed by atoms with E-state index in [-0.39, 0.29) is 18.0 Å². The Hall–Kier alpha value is -3.40. The maximum atomic E-state index is 13.1. The molecule has 10 heteroatoms. The summed E-state index contributed by atoms with van der Waals surface area (Å²) in [6.45, 7) is 2.48. The maximum absolute atomic E-state index is 13.1. The number of hydrogen-bond acceptors (Lipinski definition) is 4. The van der Waals surface area contributed by atoms with Crippen LogP contribution in [0.3, 0.4) is 0 Å². The highest BCUT2D eigenvalue weighted by Crippen LogP contribution is 2.32. The molecule has 3 rings (SSSR count). The molecule has 0 bridgehead atoms. The summed E-state index contributed by atoms with van der Waals surface area (Å²) in [7, 11) is 0. The van der Waals surface area contributed by atoms with Crippen molar-refractivity contribution >= 4 is 17.8 Å². The van der Waals surface area contributed by atoms with Crippen LogP contribution in [0.15, 0.2) is 54.6 Å². The molecule has 1 saturated heterocycles. The van der Waals surface area contributed by atoms with Crippen molar-refractivity contribution in [2.24, 2.45) is 0 Å². The molecule has 2 aromatic rings. The maximum Gasteiger partial charge on any atom is 0.416 e. The van der Waals surface area contributed by atoms with Crippen molar-refractivity contribution < 1.29 is 37.8 Å². The zero-order valence-electron chi connectivity index (χ0n) is 17.1. The summed E-state index contributed by atoms with van der Waals surface area (Å²) in [6, 6.07) is 15.2. The number of halogens is 3. The minimum absolute atomic E-state index is 0.0616. The van der Waals surface area contributed by atoms with E-state index in [9.17, 15) is 18.0 Å².